The zero-order chi connectivity index (χ0) is 26.3. The normalized spacial score (nSPS) is 12.8. The van der Waals surface area contributed by atoms with Crippen molar-refractivity contribution in [2.24, 2.45) is 20.0 Å². The molecule has 0 saturated carbocycles. The summed E-state index contributed by atoms with van der Waals surface area (Å²) in [5, 5.41) is 12.6. The molecule has 0 bridgehead atoms. The van der Waals surface area contributed by atoms with Crippen LogP contribution < -0.4 is 21.4 Å². The smallest absolute Gasteiger partial charge is 0.274 e. The Balaban J connectivity index is 1.48. The molecule has 2 aromatic heterocycles. The third-order valence-electron chi connectivity index (χ3n) is 5.88. The van der Waals surface area contributed by atoms with E-state index in [9.17, 15) is 5.26 Å². The summed E-state index contributed by atoms with van der Waals surface area (Å²) in [5.41, 5.74) is 1.13. The number of para-hydroxylation sites is 6. The van der Waals surface area contributed by atoms with E-state index in [1.54, 1.807) is 36.4 Å². The molecular weight excluding hydrogens is 492 g/mol. The third-order valence-corrected chi connectivity index (χ3v) is 5.88. The van der Waals surface area contributed by atoms with Gasteiger partial charge in [0.2, 0.25) is 5.82 Å². The minimum Gasteiger partial charge on any atom is -0.434 e. The lowest BCUT2D eigenvalue weighted by atomic mass is 10.2. The lowest BCUT2D eigenvalue weighted by Crippen LogP contribution is -2.19. The van der Waals surface area contributed by atoms with Gasteiger partial charge in [0.15, 0.2) is 28.9 Å². The van der Waals surface area contributed by atoms with Crippen LogP contribution in [0.3, 0.4) is 0 Å². The molecule has 0 spiro atoms. The van der Waals surface area contributed by atoms with E-state index in [-0.39, 0.29) is 46.3 Å². The topological polar surface area (TPSA) is 142 Å². The molecule has 7 rings (SSSR count). The van der Waals surface area contributed by atoms with E-state index >= 15 is 0 Å². The van der Waals surface area contributed by atoms with Crippen molar-refractivity contribution >= 4 is 22.4 Å². The molecular formula is C28H12N10O. The van der Waals surface area contributed by atoms with Crippen LogP contribution in [-0.4, -0.2) is 19.9 Å². The molecule has 3 aromatic carbocycles. The van der Waals surface area contributed by atoms with Crippen LogP contribution in [0.1, 0.15) is 11.6 Å². The molecule has 11 nitrogen and oxygen atoms in total. The van der Waals surface area contributed by atoms with E-state index in [0.29, 0.717) is 32.5 Å². The van der Waals surface area contributed by atoms with Crippen molar-refractivity contribution in [3.8, 4) is 17.8 Å². The van der Waals surface area contributed by atoms with Gasteiger partial charge in [-0.15, -0.1) is 0 Å². The van der Waals surface area contributed by atoms with Crippen LogP contribution in [-0.2, 0) is 0 Å². The quantitative estimate of drug-likeness (QED) is 0.273. The lowest BCUT2D eigenvalue weighted by molar-refractivity contribution is 0.611. The van der Waals surface area contributed by atoms with Gasteiger partial charge >= 0.3 is 0 Å². The van der Waals surface area contributed by atoms with Gasteiger partial charge in [0.05, 0.1) is 28.0 Å². The van der Waals surface area contributed by atoms with E-state index in [2.05, 4.69) is 50.8 Å². The first-order chi connectivity index (χ1) is 19.2. The Morgan fingerprint density at radius 3 is 1.85 bits per heavy atom. The number of nitrogens with zero attached hydrogens (tertiary/aromatic N) is 10. The molecule has 0 amide bonds. The molecule has 2 aliphatic rings. The second-order valence-electron chi connectivity index (χ2n) is 8.31. The molecule has 0 unspecified atom stereocenters. The second-order valence-corrected chi connectivity index (χ2v) is 8.31. The van der Waals surface area contributed by atoms with Gasteiger partial charge in [-0.05, 0) is 36.4 Å². The van der Waals surface area contributed by atoms with Gasteiger partial charge in [0.25, 0.3) is 11.6 Å². The van der Waals surface area contributed by atoms with Crippen molar-refractivity contribution in [2.75, 3.05) is 0 Å². The summed E-state index contributed by atoms with van der Waals surface area (Å²) in [6, 6.07) is 23.9. The highest BCUT2D eigenvalue weighted by molar-refractivity contribution is 5.79. The standard InChI is InChI=1S/C28H12N10O/c1-30-22(25-33-18-10-4-5-11-19(18)34-25)26-36-24(15(14-29)23-31-16-8-2-3-9-17(16)32-23)37-27(38-26)28-35-20-12-6-7-13-21(20)39-28/h2-13H. The van der Waals surface area contributed by atoms with Crippen LogP contribution in [0.2, 0.25) is 0 Å². The summed E-state index contributed by atoms with van der Waals surface area (Å²) < 4.78 is 5.89. The maximum absolute atomic E-state index is 10.1. The van der Waals surface area contributed by atoms with Gasteiger partial charge in [-0.25, -0.2) is 44.8 Å². The highest BCUT2D eigenvalue weighted by atomic mass is 16.3. The summed E-state index contributed by atoms with van der Waals surface area (Å²) in [6.45, 7) is 7.90. The molecule has 0 saturated heterocycles. The van der Waals surface area contributed by atoms with Gasteiger partial charge < -0.3 is 4.42 Å². The van der Waals surface area contributed by atoms with Crippen LogP contribution in [0.5, 0.6) is 0 Å². The highest BCUT2D eigenvalue weighted by Crippen LogP contribution is 2.27. The molecule has 0 N–H and O–H groups in total. The Morgan fingerprint density at radius 2 is 1.26 bits per heavy atom. The first-order valence-electron chi connectivity index (χ1n) is 11.6. The van der Waals surface area contributed by atoms with E-state index < -0.39 is 0 Å². The van der Waals surface area contributed by atoms with Crippen molar-refractivity contribution < 1.29 is 4.42 Å². The number of hydrogen-bond donors (Lipinski definition) is 0. The van der Waals surface area contributed by atoms with Crippen LogP contribution in [0, 0.1) is 17.9 Å². The maximum atomic E-state index is 10.1. The molecule has 2 aliphatic heterocycles. The van der Waals surface area contributed by atoms with Gasteiger partial charge in [0, 0.05) is 0 Å². The minimum atomic E-state index is -0.0357. The second kappa shape index (κ2) is 8.73. The average Bonchev–Trinajstić information content (AvgIpc) is 3.70. The zero-order valence-electron chi connectivity index (χ0n) is 19.8. The van der Waals surface area contributed by atoms with Crippen LogP contribution >= 0.6 is 0 Å². The summed E-state index contributed by atoms with van der Waals surface area (Å²) in [7, 11) is 0. The number of hydrogen-bond acceptors (Lipinski definition) is 10. The molecule has 39 heavy (non-hydrogen) atoms. The molecule has 4 heterocycles. The predicted molar refractivity (Wildman–Crippen MR) is 136 cm³/mol. The summed E-state index contributed by atoms with van der Waals surface area (Å²) in [4.78, 5) is 39.5. The SMILES string of the molecule is [C-]#[N+]C(=C1N=c2ccccc2=N1)c1nc(C(C#N)=C2N=c3ccccc3=N2)nc(-c2nc3ccccc3o2)n1. The number of fused-ring (bicyclic) bond motifs is 3. The number of rotatable bonds is 3. The summed E-state index contributed by atoms with van der Waals surface area (Å²) in [6.07, 6.45) is 0. The molecule has 0 atom stereocenters. The monoisotopic (exact) mass is 504 g/mol. The lowest BCUT2D eigenvalue weighted by Gasteiger charge is -2.05. The number of allylic oxidation sites excluding steroid dienone is 1. The Hall–Kier alpha value is -6.20. The van der Waals surface area contributed by atoms with E-state index in [1.807, 2.05) is 36.4 Å². The minimum absolute atomic E-state index is 0.00475. The molecule has 180 valence electrons. The molecule has 5 aromatic rings. The van der Waals surface area contributed by atoms with Gasteiger partial charge in [-0.1, -0.05) is 36.4 Å². The average molecular weight is 504 g/mol. The fraction of sp³-hybridized carbons (Fsp3) is 0. The van der Waals surface area contributed by atoms with Crippen molar-refractivity contribution in [1.82, 2.24) is 19.9 Å². The van der Waals surface area contributed by atoms with E-state index in [0.717, 1.165) is 0 Å². The zero-order valence-corrected chi connectivity index (χ0v) is 19.8. The van der Waals surface area contributed by atoms with Gasteiger partial charge in [0.1, 0.15) is 17.2 Å². The Bertz CT molecular complexity index is 2040. The van der Waals surface area contributed by atoms with Crippen molar-refractivity contribution in [1.29, 1.82) is 5.26 Å². The number of benzene rings is 3. The molecule has 0 radical (unpaired) electrons. The summed E-state index contributed by atoms with van der Waals surface area (Å²) >= 11 is 0. The van der Waals surface area contributed by atoms with Crippen LogP contribution in [0.25, 0.3) is 38.9 Å². The number of nitriles is 1. The van der Waals surface area contributed by atoms with Crippen molar-refractivity contribution in [2.45, 2.75) is 0 Å². The summed E-state index contributed by atoms with van der Waals surface area (Å²) in [5.74, 6) is 0.371. The molecule has 0 aliphatic carbocycles. The van der Waals surface area contributed by atoms with Gasteiger partial charge in [-0.2, -0.15) is 5.26 Å². The van der Waals surface area contributed by atoms with Crippen LogP contribution in [0.15, 0.2) is 109 Å². The fourth-order valence-electron chi connectivity index (χ4n) is 4.09. The maximum Gasteiger partial charge on any atom is 0.274 e. The fourth-order valence-corrected chi connectivity index (χ4v) is 4.09. The van der Waals surface area contributed by atoms with Crippen LogP contribution in [0.4, 0.5) is 0 Å². The van der Waals surface area contributed by atoms with Crippen molar-refractivity contribution in [3.63, 3.8) is 0 Å². The predicted octanol–water partition coefficient (Wildman–Crippen LogP) is 2.32. The first kappa shape index (κ1) is 22.0. The largest absolute Gasteiger partial charge is 0.434 e. The Morgan fingerprint density at radius 1 is 0.692 bits per heavy atom. The van der Waals surface area contributed by atoms with Gasteiger partial charge in [-0.3, -0.25) is 0 Å². The van der Waals surface area contributed by atoms with E-state index in [1.165, 1.54) is 0 Å². The first-order valence-corrected chi connectivity index (χ1v) is 11.6. The third kappa shape index (κ3) is 3.75. The molecule has 0 fully saturated rings. The Kier molecular flexibility index (Phi) is 4.93. The van der Waals surface area contributed by atoms with E-state index in [4.69, 9.17) is 11.0 Å². The Labute approximate surface area is 218 Å². The highest BCUT2D eigenvalue weighted by Gasteiger charge is 2.24. The number of oxazole rings is 1. The molecule has 11 heteroatoms. The number of aromatic nitrogens is 4. The van der Waals surface area contributed by atoms with Crippen molar-refractivity contribution in [3.05, 3.63) is 129 Å².